The Hall–Kier alpha value is -3.91. The zero-order valence-electron chi connectivity index (χ0n) is 19.3. The number of thioether (sulfide) groups is 1. The number of nitrogens with one attached hydrogen (secondary N) is 1. The molecule has 3 aromatic carbocycles. The van der Waals surface area contributed by atoms with Gasteiger partial charge < -0.3 is 14.8 Å². The topological polar surface area (TPSA) is 84.6 Å². The van der Waals surface area contributed by atoms with Gasteiger partial charge in [0.25, 0.3) is 5.91 Å². The van der Waals surface area contributed by atoms with Crippen molar-refractivity contribution in [2.45, 2.75) is 13.8 Å². The maximum atomic E-state index is 12.5. The Kier molecular flexibility index (Phi) is 7.08. The van der Waals surface area contributed by atoms with E-state index in [2.05, 4.69) is 20.5 Å². The highest BCUT2D eigenvalue weighted by molar-refractivity contribution is 8.18. The average Bonchev–Trinajstić information content (AvgIpc) is 3.18. The maximum Gasteiger partial charge on any atom is 0.264 e. The number of aliphatic imine (C=N–C) groups is 1. The summed E-state index contributed by atoms with van der Waals surface area (Å²) in [6, 6.07) is 19.0. The number of hydrogen-bond acceptors (Lipinski definition) is 7. The summed E-state index contributed by atoms with van der Waals surface area (Å²) < 4.78 is 10.6. The molecule has 0 aromatic heterocycles. The van der Waals surface area contributed by atoms with E-state index in [1.165, 1.54) is 11.8 Å². The molecule has 0 saturated carbocycles. The van der Waals surface area contributed by atoms with Crippen molar-refractivity contribution >= 4 is 46.0 Å². The summed E-state index contributed by atoms with van der Waals surface area (Å²) in [7, 11) is 3.16. The molecule has 34 heavy (non-hydrogen) atoms. The Labute approximate surface area is 202 Å². The Morgan fingerprint density at radius 3 is 2.38 bits per heavy atom. The van der Waals surface area contributed by atoms with E-state index < -0.39 is 0 Å². The minimum Gasteiger partial charge on any atom is -0.493 e. The van der Waals surface area contributed by atoms with Crippen molar-refractivity contribution < 1.29 is 14.3 Å². The predicted molar refractivity (Wildman–Crippen MR) is 137 cm³/mol. The molecule has 1 saturated heterocycles. The molecule has 1 amide bonds. The van der Waals surface area contributed by atoms with Crippen molar-refractivity contribution in [2.75, 3.05) is 14.2 Å². The third kappa shape index (κ3) is 5.35. The van der Waals surface area contributed by atoms with Crippen LogP contribution in [0.25, 0.3) is 6.08 Å². The first kappa shape index (κ1) is 23.3. The van der Waals surface area contributed by atoms with E-state index >= 15 is 0 Å². The molecule has 0 spiro atoms. The molecule has 1 fully saturated rings. The fourth-order valence-electron chi connectivity index (χ4n) is 3.30. The number of hydrogen-bond donors (Lipinski definition) is 1. The largest absolute Gasteiger partial charge is 0.493 e. The van der Waals surface area contributed by atoms with Gasteiger partial charge in [0.2, 0.25) is 0 Å². The second kappa shape index (κ2) is 10.4. The number of aryl methyl sites for hydroxylation is 2. The molecule has 0 bridgehead atoms. The number of methoxy groups -OCH3 is 2. The van der Waals surface area contributed by atoms with E-state index in [9.17, 15) is 4.79 Å². The third-order valence-electron chi connectivity index (χ3n) is 5.15. The lowest BCUT2D eigenvalue weighted by molar-refractivity contribution is -0.115. The van der Waals surface area contributed by atoms with E-state index in [0.717, 1.165) is 33.8 Å². The van der Waals surface area contributed by atoms with Crippen LogP contribution in [0.1, 0.15) is 16.7 Å². The molecule has 0 radical (unpaired) electrons. The molecule has 0 atom stereocenters. The van der Waals surface area contributed by atoms with Crippen LogP contribution < -0.4 is 14.8 Å². The van der Waals surface area contributed by atoms with Crippen LogP contribution in [0.5, 0.6) is 11.5 Å². The van der Waals surface area contributed by atoms with Crippen molar-refractivity contribution in [2.24, 2.45) is 15.2 Å². The lowest BCUT2D eigenvalue weighted by Crippen LogP contribution is -2.19. The van der Waals surface area contributed by atoms with Gasteiger partial charge in [-0.25, -0.2) is 4.99 Å². The van der Waals surface area contributed by atoms with Crippen LogP contribution in [0.3, 0.4) is 0 Å². The molecule has 8 heteroatoms. The highest BCUT2D eigenvalue weighted by atomic mass is 32.2. The molecule has 0 unspecified atom stereocenters. The predicted octanol–water partition coefficient (Wildman–Crippen LogP) is 6.63. The monoisotopic (exact) mass is 472 g/mol. The van der Waals surface area contributed by atoms with Crippen LogP contribution in [-0.2, 0) is 4.79 Å². The van der Waals surface area contributed by atoms with E-state index in [0.29, 0.717) is 21.6 Å². The second-order valence-electron chi connectivity index (χ2n) is 7.55. The molecule has 0 aliphatic carbocycles. The molecule has 1 aliphatic heterocycles. The SMILES string of the molecule is COc1ccc(/C=C2\SC(=Nc3ccc(N=Nc4ccccc4C)cc3C)NC2=O)cc1OC. The van der Waals surface area contributed by atoms with Crippen molar-refractivity contribution in [3.8, 4) is 11.5 Å². The van der Waals surface area contributed by atoms with Gasteiger partial charge in [-0.05, 0) is 84.8 Å². The van der Waals surface area contributed by atoms with Crippen LogP contribution >= 0.6 is 11.8 Å². The standard InChI is InChI=1S/C26H24N4O3S/c1-16-7-5-6-8-21(16)30-29-19-10-11-20(17(2)13-19)27-26-28-25(31)24(34-26)15-18-9-12-22(32-3)23(14-18)33-4/h5-15H,1-4H3,(H,27,28,31)/b24-15-,30-29?. The number of rotatable bonds is 6. The van der Waals surface area contributed by atoms with Gasteiger partial charge in [-0.3, -0.25) is 4.79 Å². The van der Waals surface area contributed by atoms with Crippen LogP contribution in [0.15, 0.2) is 80.8 Å². The number of ether oxygens (including phenoxy) is 2. The van der Waals surface area contributed by atoms with Crippen LogP contribution in [0, 0.1) is 13.8 Å². The van der Waals surface area contributed by atoms with Gasteiger partial charge in [-0.15, -0.1) is 0 Å². The Bertz CT molecular complexity index is 1330. The highest BCUT2D eigenvalue weighted by Crippen LogP contribution is 2.33. The van der Waals surface area contributed by atoms with Crippen molar-refractivity contribution in [1.29, 1.82) is 0 Å². The summed E-state index contributed by atoms with van der Waals surface area (Å²) >= 11 is 1.29. The van der Waals surface area contributed by atoms with Crippen LogP contribution in [-0.4, -0.2) is 25.3 Å². The lowest BCUT2D eigenvalue weighted by Gasteiger charge is -2.07. The first-order chi connectivity index (χ1) is 16.5. The van der Waals surface area contributed by atoms with Gasteiger partial charge in [-0.1, -0.05) is 24.3 Å². The number of benzene rings is 3. The molecule has 4 rings (SSSR count). The summed E-state index contributed by atoms with van der Waals surface area (Å²) in [5, 5.41) is 12.0. The number of carbonyl (C=O) groups excluding carboxylic acids is 1. The lowest BCUT2D eigenvalue weighted by atomic mass is 10.2. The van der Waals surface area contributed by atoms with Crippen LogP contribution in [0.4, 0.5) is 17.1 Å². The van der Waals surface area contributed by atoms with Crippen molar-refractivity contribution in [3.05, 3.63) is 82.3 Å². The highest BCUT2D eigenvalue weighted by Gasteiger charge is 2.24. The molecular formula is C26H24N4O3S. The quantitative estimate of drug-likeness (QED) is 0.322. The van der Waals surface area contributed by atoms with Gasteiger partial charge in [0, 0.05) is 0 Å². The Morgan fingerprint density at radius 1 is 0.853 bits per heavy atom. The zero-order valence-corrected chi connectivity index (χ0v) is 20.1. The normalized spacial score (nSPS) is 15.8. The Morgan fingerprint density at radius 2 is 1.65 bits per heavy atom. The minimum atomic E-state index is -0.195. The molecule has 1 N–H and O–H groups in total. The third-order valence-corrected chi connectivity index (χ3v) is 6.06. The van der Waals surface area contributed by atoms with Gasteiger partial charge in [0.1, 0.15) is 0 Å². The summed E-state index contributed by atoms with van der Waals surface area (Å²) in [5.74, 6) is 1.04. The van der Waals surface area contributed by atoms with Crippen LogP contribution in [0.2, 0.25) is 0 Å². The molecular weight excluding hydrogens is 448 g/mol. The van der Waals surface area contributed by atoms with Gasteiger partial charge in [-0.2, -0.15) is 10.2 Å². The number of amidine groups is 1. The van der Waals surface area contributed by atoms with Gasteiger partial charge in [0.15, 0.2) is 16.7 Å². The maximum absolute atomic E-state index is 12.5. The molecule has 1 heterocycles. The van der Waals surface area contributed by atoms with E-state index in [1.54, 1.807) is 26.4 Å². The summed E-state index contributed by atoms with van der Waals surface area (Å²) in [5.41, 5.74) is 5.16. The molecule has 1 aliphatic rings. The van der Waals surface area contributed by atoms with Gasteiger partial charge in [0.05, 0.1) is 36.2 Å². The van der Waals surface area contributed by atoms with Crippen molar-refractivity contribution in [1.82, 2.24) is 5.32 Å². The van der Waals surface area contributed by atoms with Crippen molar-refractivity contribution in [3.63, 3.8) is 0 Å². The number of carbonyl (C=O) groups is 1. The number of azo groups is 1. The molecule has 172 valence electrons. The minimum absolute atomic E-state index is 0.195. The summed E-state index contributed by atoms with van der Waals surface area (Å²) in [4.78, 5) is 17.7. The first-order valence-corrected chi connectivity index (χ1v) is 11.4. The van der Waals surface area contributed by atoms with E-state index in [1.807, 2.05) is 68.4 Å². The first-order valence-electron chi connectivity index (χ1n) is 10.6. The zero-order chi connectivity index (χ0) is 24.1. The van der Waals surface area contributed by atoms with Gasteiger partial charge >= 0.3 is 0 Å². The second-order valence-corrected chi connectivity index (χ2v) is 8.58. The molecule has 7 nitrogen and oxygen atoms in total. The fourth-order valence-corrected chi connectivity index (χ4v) is 4.13. The smallest absolute Gasteiger partial charge is 0.264 e. The fraction of sp³-hybridized carbons (Fsp3) is 0.154. The van der Waals surface area contributed by atoms with E-state index in [-0.39, 0.29) is 5.91 Å². The average molecular weight is 473 g/mol. The summed E-state index contributed by atoms with van der Waals surface area (Å²) in [6.45, 7) is 3.95. The number of amides is 1. The summed E-state index contributed by atoms with van der Waals surface area (Å²) in [6.07, 6.45) is 1.80. The Balaban J connectivity index is 1.51. The molecule has 3 aromatic rings. The van der Waals surface area contributed by atoms with E-state index in [4.69, 9.17) is 9.47 Å². The number of nitrogens with zero attached hydrogens (tertiary/aromatic N) is 3.